The van der Waals surface area contributed by atoms with E-state index in [0.717, 1.165) is 55.7 Å². The number of fused-ring (bicyclic) bond motifs is 2. The summed E-state index contributed by atoms with van der Waals surface area (Å²) in [5.74, 6) is 0. The number of hydrogen-bond acceptors (Lipinski definition) is 2. The number of allylic oxidation sites excluding steroid dienone is 2. The topological polar surface area (TPSA) is 58.2 Å². The van der Waals surface area contributed by atoms with Crippen molar-refractivity contribution in [2.24, 2.45) is 0 Å². The first kappa shape index (κ1) is 39.1. The molecule has 0 bridgehead atoms. The standard InChI is InChI=1S/2C16H13.2C4H11NOSi.2ClH.Ga.Zr.3H/c2*1-12-10-14-8-5-9-15(16(14)11-12)13-6-3-2-4-7-13;2*1-7(2,3)4(5)6;;;;;;;/h2*2-11H,1H3;2*1-3H3,(H2,5,6);2*1H;;;;;/q;;;;;;;+4;;;/p-4. The average Bonchev–Trinajstić information content (AvgIpc) is 3.58. The fourth-order valence-electron chi connectivity index (χ4n) is 8.04. The number of amides is 2. The van der Waals surface area contributed by atoms with E-state index in [1.165, 1.54) is 0 Å². The summed E-state index contributed by atoms with van der Waals surface area (Å²) >= 11 is -7.06. The van der Waals surface area contributed by atoms with Crippen molar-refractivity contribution >= 4 is 76.2 Å². The Hall–Kier alpha value is -2.17. The molecule has 0 spiro atoms. The number of hydrogen-bond donors (Lipinski definition) is 2. The van der Waals surface area contributed by atoms with Gasteiger partial charge >= 0.3 is 321 Å². The zero-order valence-electron chi connectivity index (χ0n) is 29.6. The van der Waals surface area contributed by atoms with Gasteiger partial charge < -0.3 is 0 Å². The molecule has 0 saturated heterocycles. The molecule has 0 aliphatic heterocycles. The van der Waals surface area contributed by atoms with Gasteiger partial charge in [0.2, 0.25) is 0 Å². The molecule has 50 heavy (non-hydrogen) atoms. The summed E-state index contributed by atoms with van der Waals surface area (Å²) in [7, 11) is 12.4. The van der Waals surface area contributed by atoms with Crippen LogP contribution in [0.4, 0.5) is 9.59 Å². The van der Waals surface area contributed by atoms with Crippen LogP contribution < -0.4 is 6.52 Å². The van der Waals surface area contributed by atoms with Gasteiger partial charge in [-0.15, -0.1) is 0 Å². The van der Waals surface area contributed by atoms with Crippen LogP contribution in [-0.4, -0.2) is 47.0 Å². The number of carbonyl (C=O) groups excluding carboxylic acids is 2. The summed E-state index contributed by atoms with van der Waals surface area (Å²) in [6.07, 6.45) is 4.33. The Kier molecular flexibility index (Phi) is 10.2. The third-order valence-corrected chi connectivity index (χ3v) is 36.3. The summed E-state index contributed by atoms with van der Waals surface area (Å²) < 4.78 is 5.75. The zero-order valence-corrected chi connectivity index (χ0v) is 35.6. The van der Waals surface area contributed by atoms with Crippen molar-refractivity contribution in [3.05, 3.63) is 130 Å². The molecule has 260 valence electrons. The molecule has 0 fully saturated rings. The van der Waals surface area contributed by atoms with Gasteiger partial charge in [0.15, 0.2) is 0 Å². The Balaban J connectivity index is 0.00000486. The van der Waals surface area contributed by atoms with E-state index in [0.29, 0.717) is 0 Å². The summed E-state index contributed by atoms with van der Waals surface area (Å²) in [5, 5.41) is 0. The molecule has 10 heteroatoms. The van der Waals surface area contributed by atoms with Gasteiger partial charge in [0, 0.05) is 0 Å². The molecule has 2 atom stereocenters. The van der Waals surface area contributed by atoms with E-state index < -0.39 is 38.9 Å². The van der Waals surface area contributed by atoms with Crippen LogP contribution in [0.1, 0.15) is 43.4 Å². The van der Waals surface area contributed by atoms with Crippen molar-refractivity contribution in [1.29, 1.82) is 0 Å². The second-order valence-corrected chi connectivity index (χ2v) is 51.8. The third kappa shape index (κ3) is 6.42. The molecule has 2 N–H and O–H groups in total. The van der Waals surface area contributed by atoms with E-state index in [-0.39, 0.29) is 30.9 Å². The molecule has 0 radical (unpaired) electrons. The van der Waals surface area contributed by atoms with Crippen molar-refractivity contribution in [3.63, 3.8) is 0 Å². The van der Waals surface area contributed by atoms with Crippen LogP contribution in [0.25, 0.3) is 34.4 Å². The van der Waals surface area contributed by atoms with Gasteiger partial charge in [-0.1, -0.05) is 0 Å². The van der Waals surface area contributed by atoms with Crippen LogP contribution >= 0.6 is 17.0 Å². The number of benzene rings is 4. The fourth-order valence-corrected chi connectivity index (χ4v) is 44.5. The van der Waals surface area contributed by atoms with Crippen molar-refractivity contribution in [1.82, 2.24) is 6.52 Å². The van der Waals surface area contributed by atoms with Crippen molar-refractivity contribution in [2.45, 2.75) is 60.4 Å². The molecule has 2 amide bonds. The molecule has 0 saturated carbocycles. The maximum atomic E-state index is 14.7. The number of nitrogens with one attached hydrogen (secondary N) is 2. The predicted octanol–water partition coefficient (Wildman–Crippen LogP) is 11.1. The van der Waals surface area contributed by atoms with E-state index in [9.17, 15) is 9.59 Å². The first-order chi connectivity index (χ1) is 22.8. The Morgan fingerprint density at radius 1 is 0.560 bits per heavy atom. The van der Waals surface area contributed by atoms with Crippen molar-refractivity contribution < 1.29 is 25.1 Å². The number of halogens is 2. The molecule has 2 aliphatic rings. The first-order valence-corrected chi connectivity index (χ1v) is 35.6. The van der Waals surface area contributed by atoms with Gasteiger partial charge in [0.25, 0.3) is 0 Å². The summed E-state index contributed by atoms with van der Waals surface area (Å²) in [6.45, 7) is 16.1. The molecule has 4 nitrogen and oxygen atoms in total. The predicted molar refractivity (Wildman–Crippen MR) is 222 cm³/mol. The first-order valence-electron chi connectivity index (χ1n) is 17.0. The zero-order chi connectivity index (χ0) is 35.6. The molecule has 6 rings (SSSR count). The molecule has 2 aliphatic carbocycles. The van der Waals surface area contributed by atoms with Gasteiger partial charge in [-0.05, 0) is 0 Å². The molecular formula is C40H49Cl2GaN2O2Si2Zr. The minimum absolute atomic E-state index is 0. The number of rotatable bonds is 8. The molecular weight excluding hydrogens is 828 g/mol. The third-order valence-electron chi connectivity index (χ3n) is 10.3. The monoisotopic (exact) mass is 874 g/mol. The van der Waals surface area contributed by atoms with Crippen LogP contribution in [0.3, 0.4) is 0 Å². The minimum atomic E-state index is -7.06. The Morgan fingerprint density at radius 2 is 0.900 bits per heavy atom. The van der Waals surface area contributed by atoms with Crippen LogP contribution in [0.15, 0.2) is 108 Å². The maximum absolute atomic E-state index is 14.7. The molecule has 2 unspecified atom stereocenters. The summed E-state index contributed by atoms with van der Waals surface area (Å²) in [5.41, 5.74) is 9.65. The number of carbonyl (C=O) groups is 2. The van der Waals surface area contributed by atoms with E-state index >= 15 is 0 Å². The molecule has 4 aromatic carbocycles. The fraction of sp³-hybridized carbons (Fsp3) is 0.250. The Bertz CT molecular complexity index is 1940. The van der Waals surface area contributed by atoms with Gasteiger partial charge in [0.05, 0.1) is 0 Å². The van der Waals surface area contributed by atoms with Crippen LogP contribution in [0.5, 0.6) is 0 Å². The van der Waals surface area contributed by atoms with Gasteiger partial charge in [-0.2, -0.15) is 0 Å². The Labute approximate surface area is 318 Å². The summed E-state index contributed by atoms with van der Waals surface area (Å²) in [4.78, 5) is 29.4. The SMILES string of the molecule is CC1=Cc2c(-c3ccccc3)cccc2[CH]1[Zr]([Cl])([Cl])([NH]C(=O)[Si](C)(C)C)([NH]C(=O)[Si](C)(C)C)[CH]1C(C)=Cc2c(-c3ccccc3)cccc21.[GaH3]. The van der Waals surface area contributed by atoms with Crippen LogP contribution in [0.2, 0.25) is 39.3 Å². The van der Waals surface area contributed by atoms with Crippen LogP contribution in [0, 0.1) is 0 Å². The average molecular weight is 878 g/mol. The van der Waals surface area contributed by atoms with Gasteiger partial charge in [-0.25, -0.2) is 0 Å². The van der Waals surface area contributed by atoms with Crippen molar-refractivity contribution in [2.75, 3.05) is 0 Å². The molecule has 0 heterocycles. The normalized spacial score (nSPS) is 18.4. The second-order valence-electron chi connectivity index (χ2n) is 16.2. The van der Waals surface area contributed by atoms with E-state index in [2.05, 4.69) is 67.2 Å². The van der Waals surface area contributed by atoms with Gasteiger partial charge in [-0.3, -0.25) is 0 Å². The van der Waals surface area contributed by atoms with E-state index in [1.807, 2.05) is 102 Å². The van der Waals surface area contributed by atoms with Gasteiger partial charge in [0.1, 0.15) is 0 Å². The second kappa shape index (κ2) is 13.0. The quantitative estimate of drug-likeness (QED) is 0.173. The summed E-state index contributed by atoms with van der Waals surface area (Å²) in [6, 6.07) is 33.0. The molecule has 4 aromatic rings. The molecule has 0 aromatic heterocycles. The van der Waals surface area contributed by atoms with Crippen molar-refractivity contribution in [3.8, 4) is 22.3 Å². The van der Waals surface area contributed by atoms with E-state index in [1.54, 1.807) is 0 Å². The van der Waals surface area contributed by atoms with E-state index in [4.69, 9.17) is 17.0 Å². The van der Waals surface area contributed by atoms with Crippen LogP contribution in [-0.2, 0) is 15.5 Å². The Morgan fingerprint density at radius 3 is 1.22 bits per heavy atom.